The normalized spacial score (nSPS) is 18.9. The van der Waals surface area contributed by atoms with Crippen LogP contribution in [-0.2, 0) is 3.42 Å². The Balaban J connectivity index is 2.21. The first-order chi connectivity index (χ1) is 10.1. The molecule has 1 unspecified atom stereocenters. The number of nitrogens with one attached hydrogen (secondary N) is 1. The molecule has 110 valence electrons. The molecule has 1 heterocycles. The SMILES string of the molecule is Cc1ccccc1C(I)(c1ccccc1C)C1CCCN1. The van der Waals surface area contributed by atoms with E-state index in [0.717, 1.165) is 6.54 Å². The van der Waals surface area contributed by atoms with Crippen LogP contribution in [0.3, 0.4) is 0 Å². The van der Waals surface area contributed by atoms with Crippen molar-refractivity contribution in [2.24, 2.45) is 0 Å². The number of alkyl halides is 1. The molecule has 2 heteroatoms. The first kappa shape index (κ1) is 15.0. The van der Waals surface area contributed by atoms with Crippen molar-refractivity contribution >= 4 is 22.6 Å². The van der Waals surface area contributed by atoms with Gasteiger partial charge in [0.2, 0.25) is 0 Å². The summed E-state index contributed by atoms with van der Waals surface area (Å²) >= 11 is 2.70. The summed E-state index contributed by atoms with van der Waals surface area (Å²) in [5.41, 5.74) is 5.64. The lowest BCUT2D eigenvalue weighted by Gasteiger charge is -2.37. The van der Waals surface area contributed by atoms with Gasteiger partial charge in [-0.3, -0.25) is 0 Å². The van der Waals surface area contributed by atoms with Crippen molar-refractivity contribution in [1.29, 1.82) is 0 Å². The van der Waals surface area contributed by atoms with E-state index >= 15 is 0 Å². The van der Waals surface area contributed by atoms with Crippen molar-refractivity contribution in [3.63, 3.8) is 0 Å². The molecule has 0 saturated carbocycles. The first-order valence-electron chi connectivity index (χ1n) is 7.68. The quantitative estimate of drug-likeness (QED) is 0.589. The molecule has 1 saturated heterocycles. The molecule has 0 aromatic heterocycles. The lowest BCUT2D eigenvalue weighted by Crippen LogP contribution is -2.42. The molecule has 1 atom stereocenters. The highest BCUT2D eigenvalue weighted by molar-refractivity contribution is 14.1. The Morgan fingerprint density at radius 1 is 0.952 bits per heavy atom. The Hall–Kier alpha value is -0.870. The summed E-state index contributed by atoms with van der Waals surface area (Å²) in [6.45, 7) is 5.60. The third-order valence-electron chi connectivity index (χ3n) is 4.61. The molecule has 0 bridgehead atoms. The van der Waals surface area contributed by atoms with Crippen LogP contribution in [-0.4, -0.2) is 12.6 Å². The summed E-state index contributed by atoms with van der Waals surface area (Å²) in [6.07, 6.45) is 2.51. The summed E-state index contributed by atoms with van der Waals surface area (Å²) < 4.78 is 0.00491. The van der Waals surface area contributed by atoms with Crippen LogP contribution in [0.5, 0.6) is 0 Å². The second kappa shape index (κ2) is 6.09. The van der Waals surface area contributed by atoms with Gasteiger partial charge in [0.05, 0.1) is 3.42 Å². The highest BCUT2D eigenvalue weighted by Gasteiger charge is 2.42. The van der Waals surface area contributed by atoms with Gasteiger partial charge in [-0.15, -0.1) is 0 Å². The number of rotatable bonds is 3. The molecular formula is C19H22IN. The van der Waals surface area contributed by atoms with Crippen LogP contribution in [0.1, 0.15) is 35.1 Å². The van der Waals surface area contributed by atoms with Crippen LogP contribution in [0.4, 0.5) is 0 Å². The molecule has 0 spiro atoms. The molecule has 1 aliphatic rings. The molecule has 2 aromatic carbocycles. The van der Waals surface area contributed by atoms with E-state index in [1.54, 1.807) is 0 Å². The van der Waals surface area contributed by atoms with Gasteiger partial charge in [0.15, 0.2) is 0 Å². The largest absolute Gasteiger partial charge is 0.312 e. The van der Waals surface area contributed by atoms with Gasteiger partial charge in [0.1, 0.15) is 0 Å². The minimum Gasteiger partial charge on any atom is -0.312 e. The van der Waals surface area contributed by atoms with Crippen LogP contribution in [0.25, 0.3) is 0 Å². The Labute approximate surface area is 141 Å². The van der Waals surface area contributed by atoms with Crippen molar-refractivity contribution < 1.29 is 0 Å². The zero-order valence-electron chi connectivity index (χ0n) is 12.7. The van der Waals surface area contributed by atoms with E-state index < -0.39 is 0 Å². The number of hydrogen-bond acceptors (Lipinski definition) is 1. The highest BCUT2D eigenvalue weighted by atomic mass is 127. The van der Waals surface area contributed by atoms with Crippen LogP contribution in [0.15, 0.2) is 48.5 Å². The van der Waals surface area contributed by atoms with Gasteiger partial charge in [0.25, 0.3) is 0 Å². The number of hydrogen-bond donors (Lipinski definition) is 1. The zero-order valence-corrected chi connectivity index (χ0v) is 14.9. The fraction of sp³-hybridized carbons (Fsp3) is 0.368. The maximum atomic E-state index is 3.74. The van der Waals surface area contributed by atoms with Gasteiger partial charge in [-0.1, -0.05) is 71.1 Å². The standard InChI is InChI=1S/C19H22IN/c1-14-8-3-5-10-16(14)19(20,18-12-7-13-21-18)17-11-6-4-9-15(17)2/h3-6,8-11,18,21H,7,12-13H2,1-2H3. The van der Waals surface area contributed by atoms with E-state index in [-0.39, 0.29) is 3.42 Å². The van der Waals surface area contributed by atoms with Crippen LogP contribution >= 0.6 is 22.6 Å². The van der Waals surface area contributed by atoms with Crippen molar-refractivity contribution in [2.75, 3.05) is 6.54 Å². The maximum Gasteiger partial charge on any atom is 0.0876 e. The van der Waals surface area contributed by atoms with Gasteiger partial charge in [-0.2, -0.15) is 0 Å². The summed E-state index contributed by atoms with van der Waals surface area (Å²) in [6, 6.07) is 18.2. The summed E-state index contributed by atoms with van der Waals surface area (Å²) in [5.74, 6) is 0. The van der Waals surface area contributed by atoms with E-state index in [9.17, 15) is 0 Å². The maximum absolute atomic E-state index is 3.74. The van der Waals surface area contributed by atoms with Crippen LogP contribution in [0, 0.1) is 13.8 Å². The lowest BCUT2D eigenvalue weighted by atomic mass is 9.80. The van der Waals surface area contributed by atoms with E-state index in [1.807, 2.05) is 0 Å². The smallest absolute Gasteiger partial charge is 0.0876 e. The summed E-state index contributed by atoms with van der Waals surface area (Å²) in [5, 5.41) is 3.74. The number of aryl methyl sites for hydroxylation is 2. The van der Waals surface area contributed by atoms with Crippen molar-refractivity contribution in [3.05, 3.63) is 70.8 Å². The molecule has 3 rings (SSSR count). The predicted octanol–water partition coefficient (Wildman–Crippen LogP) is 4.73. The second-order valence-electron chi connectivity index (χ2n) is 5.99. The van der Waals surface area contributed by atoms with Gasteiger partial charge >= 0.3 is 0 Å². The Morgan fingerprint density at radius 3 is 1.90 bits per heavy atom. The minimum absolute atomic E-state index is 0.00491. The van der Waals surface area contributed by atoms with Crippen molar-refractivity contribution in [1.82, 2.24) is 5.32 Å². The molecule has 1 aliphatic heterocycles. The van der Waals surface area contributed by atoms with E-state index in [4.69, 9.17) is 0 Å². The minimum atomic E-state index is 0.00491. The van der Waals surface area contributed by atoms with Gasteiger partial charge in [0, 0.05) is 6.04 Å². The average molecular weight is 391 g/mol. The second-order valence-corrected chi connectivity index (χ2v) is 7.69. The summed E-state index contributed by atoms with van der Waals surface area (Å²) in [7, 11) is 0. The van der Waals surface area contributed by atoms with Gasteiger partial charge in [-0.05, 0) is 55.5 Å². The number of halogens is 1. The molecule has 1 nitrogen and oxygen atoms in total. The molecule has 1 N–H and O–H groups in total. The molecular weight excluding hydrogens is 369 g/mol. The van der Waals surface area contributed by atoms with Gasteiger partial charge < -0.3 is 5.32 Å². The van der Waals surface area contributed by atoms with Gasteiger partial charge in [-0.25, -0.2) is 0 Å². The highest BCUT2D eigenvalue weighted by Crippen LogP contribution is 2.47. The summed E-state index contributed by atoms with van der Waals surface area (Å²) in [4.78, 5) is 0. The van der Waals surface area contributed by atoms with Crippen LogP contribution in [0.2, 0.25) is 0 Å². The Morgan fingerprint density at radius 2 is 1.48 bits per heavy atom. The third-order valence-corrected chi connectivity index (χ3v) is 6.53. The molecule has 1 fully saturated rings. The topological polar surface area (TPSA) is 12.0 Å². The number of benzene rings is 2. The Kier molecular flexibility index (Phi) is 4.36. The van der Waals surface area contributed by atoms with E-state index in [1.165, 1.54) is 35.1 Å². The lowest BCUT2D eigenvalue weighted by molar-refractivity contribution is 0.519. The Bertz CT molecular complexity index is 583. The average Bonchev–Trinajstić information content (AvgIpc) is 3.02. The fourth-order valence-corrected chi connectivity index (χ4v) is 5.25. The zero-order chi connectivity index (χ0) is 14.9. The monoisotopic (exact) mass is 391 g/mol. The first-order valence-corrected chi connectivity index (χ1v) is 8.76. The van der Waals surface area contributed by atoms with Crippen molar-refractivity contribution in [2.45, 2.75) is 36.2 Å². The molecule has 0 amide bonds. The van der Waals surface area contributed by atoms with E-state index in [2.05, 4.69) is 90.3 Å². The molecule has 2 aromatic rings. The third kappa shape index (κ3) is 2.64. The molecule has 21 heavy (non-hydrogen) atoms. The van der Waals surface area contributed by atoms with E-state index in [0.29, 0.717) is 6.04 Å². The fourth-order valence-electron chi connectivity index (χ4n) is 3.51. The molecule has 0 radical (unpaired) electrons. The van der Waals surface area contributed by atoms with Crippen molar-refractivity contribution in [3.8, 4) is 0 Å². The van der Waals surface area contributed by atoms with Crippen LogP contribution < -0.4 is 5.32 Å². The predicted molar refractivity (Wildman–Crippen MR) is 98.2 cm³/mol. The molecule has 0 aliphatic carbocycles.